The second-order valence-corrected chi connectivity index (χ2v) is 2.93. The van der Waals surface area contributed by atoms with E-state index in [0.717, 1.165) is 13.1 Å². The van der Waals surface area contributed by atoms with Crippen molar-refractivity contribution < 1.29 is 4.79 Å². The highest BCUT2D eigenvalue weighted by Gasteiger charge is 2.05. The Kier molecular flexibility index (Phi) is 5.64. The van der Waals surface area contributed by atoms with Crippen molar-refractivity contribution in [2.45, 2.75) is 33.7 Å². The summed E-state index contributed by atoms with van der Waals surface area (Å²) in [5, 5.41) is 0. The predicted molar refractivity (Wildman–Crippen MR) is 52.2 cm³/mol. The number of ketones is 1. The van der Waals surface area contributed by atoms with Crippen molar-refractivity contribution in [2.75, 3.05) is 13.1 Å². The molecule has 0 saturated heterocycles. The van der Waals surface area contributed by atoms with Crippen LogP contribution in [-0.2, 0) is 4.79 Å². The molecule has 0 aliphatic carbocycles. The lowest BCUT2D eigenvalue weighted by atomic mass is 10.2. The third kappa shape index (κ3) is 4.29. The number of hydrogen-bond donors (Lipinski definition) is 0. The molecule has 0 aromatic heterocycles. The van der Waals surface area contributed by atoms with E-state index in [4.69, 9.17) is 0 Å². The lowest BCUT2D eigenvalue weighted by Gasteiger charge is -2.23. The van der Waals surface area contributed by atoms with Gasteiger partial charge in [-0.25, -0.2) is 0 Å². The van der Waals surface area contributed by atoms with E-state index in [1.807, 2.05) is 6.08 Å². The molecule has 1 atom stereocenters. The number of rotatable bonds is 5. The van der Waals surface area contributed by atoms with Gasteiger partial charge in [-0.05, 0) is 33.0 Å². The number of likely N-dealkylation sites (N-methyl/N-ethyl adjacent to an activating group) is 1. The Bertz CT molecular complexity index is 159. The fourth-order valence-corrected chi connectivity index (χ4v) is 1.20. The zero-order valence-electron chi connectivity index (χ0n) is 8.50. The maximum atomic E-state index is 10.6. The van der Waals surface area contributed by atoms with Crippen LogP contribution in [-0.4, -0.2) is 29.8 Å². The molecule has 0 fully saturated rings. The lowest BCUT2D eigenvalue weighted by molar-refractivity contribution is -0.112. The molecule has 0 spiro atoms. The SMILES string of the molecule is CCN(CC)C(C)/C=C/C(C)=O. The van der Waals surface area contributed by atoms with Gasteiger partial charge >= 0.3 is 0 Å². The molecule has 1 unspecified atom stereocenters. The Morgan fingerprint density at radius 1 is 1.42 bits per heavy atom. The Balaban J connectivity index is 3.99. The molecule has 0 aliphatic rings. The van der Waals surface area contributed by atoms with Crippen molar-refractivity contribution in [1.29, 1.82) is 0 Å². The highest BCUT2D eigenvalue weighted by atomic mass is 16.1. The highest BCUT2D eigenvalue weighted by Crippen LogP contribution is 1.99. The van der Waals surface area contributed by atoms with Gasteiger partial charge in [-0.15, -0.1) is 0 Å². The molecule has 0 N–H and O–H groups in total. The summed E-state index contributed by atoms with van der Waals surface area (Å²) in [7, 11) is 0. The second kappa shape index (κ2) is 5.95. The summed E-state index contributed by atoms with van der Waals surface area (Å²) in [5.74, 6) is 0.119. The fourth-order valence-electron chi connectivity index (χ4n) is 1.20. The Labute approximate surface area is 75.3 Å². The average molecular weight is 169 g/mol. The summed E-state index contributed by atoms with van der Waals surface area (Å²) in [6.45, 7) is 9.99. The van der Waals surface area contributed by atoms with Crippen LogP contribution in [0.4, 0.5) is 0 Å². The predicted octanol–water partition coefficient (Wildman–Crippen LogP) is 1.86. The molecule has 70 valence electrons. The highest BCUT2D eigenvalue weighted by molar-refractivity contribution is 5.87. The Hall–Kier alpha value is -0.630. The standard InChI is InChI=1S/C10H19NO/c1-5-11(6-2)9(3)7-8-10(4)12/h7-9H,5-6H2,1-4H3/b8-7+. The van der Waals surface area contributed by atoms with Gasteiger partial charge in [0.15, 0.2) is 5.78 Å². The van der Waals surface area contributed by atoms with E-state index in [0.29, 0.717) is 6.04 Å². The van der Waals surface area contributed by atoms with Gasteiger partial charge in [-0.3, -0.25) is 9.69 Å². The van der Waals surface area contributed by atoms with E-state index in [-0.39, 0.29) is 5.78 Å². The second-order valence-electron chi connectivity index (χ2n) is 2.93. The summed E-state index contributed by atoms with van der Waals surface area (Å²) in [5.41, 5.74) is 0. The third-order valence-electron chi connectivity index (χ3n) is 2.00. The topological polar surface area (TPSA) is 20.3 Å². The molecular weight excluding hydrogens is 150 g/mol. The lowest BCUT2D eigenvalue weighted by Crippen LogP contribution is -2.31. The molecule has 0 aliphatic heterocycles. The van der Waals surface area contributed by atoms with Gasteiger partial charge in [0, 0.05) is 6.04 Å². The van der Waals surface area contributed by atoms with Crippen LogP contribution >= 0.6 is 0 Å². The first kappa shape index (κ1) is 11.4. The van der Waals surface area contributed by atoms with Crippen molar-refractivity contribution in [3.05, 3.63) is 12.2 Å². The Morgan fingerprint density at radius 2 is 1.92 bits per heavy atom. The molecule has 12 heavy (non-hydrogen) atoms. The molecule has 0 bridgehead atoms. The van der Waals surface area contributed by atoms with E-state index in [1.54, 1.807) is 13.0 Å². The van der Waals surface area contributed by atoms with E-state index in [2.05, 4.69) is 25.7 Å². The van der Waals surface area contributed by atoms with Crippen LogP contribution in [0.25, 0.3) is 0 Å². The monoisotopic (exact) mass is 169 g/mol. The van der Waals surface area contributed by atoms with Crippen LogP contribution in [0.2, 0.25) is 0 Å². The van der Waals surface area contributed by atoms with Crippen molar-refractivity contribution >= 4 is 5.78 Å². The van der Waals surface area contributed by atoms with Gasteiger partial charge in [0.25, 0.3) is 0 Å². The number of carbonyl (C=O) groups excluding carboxylic acids is 1. The summed E-state index contributed by atoms with van der Waals surface area (Å²) in [4.78, 5) is 12.9. The molecule has 0 aromatic rings. The first-order valence-electron chi connectivity index (χ1n) is 4.54. The maximum absolute atomic E-state index is 10.6. The van der Waals surface area contributed by atoms with Crippen LogP contribution in [0.1, 0.15) is 27.7 Å². The number of hydrogen-bond acceptors (Lipinski definition) is 2. The van der Waals surface area contributed by atoms with Crippen molar-refractivity contribution in [3.8, 4) is 0 Å². The average Bonchev–Trinajstić information content (AvgIpc) is 2.03. The third-order valence-corrected chi connectivity index (χ3v) is 2.00. The zero-order chi connectivity index (χ0) is 9.56. The molecule has 0 radical (unpaired) electrons. The minimum Gasteiger partial charge on any atom is -0.298 e. The van der Waals surface area contributed by atoms with Crippen molar-refractivity contribution in [2.24, 2.45) is 0 Å². The van der Waals surface area contributed by atoms with Gasteiger partial charge in [0.1, 0.15) is 0 Å². The number of allylic oxidation sites excluding steroid dienone is 1. The van der Waals surface area contributed by atoms with Gasteiger partial charge in [-0.2, -0.15) is 0 Å². The van der Waals surface area contributed by atoms with E-state index in [9.17, 15) is 4.79 Å². The number of carbonyl (C=O) groups is 1. The van der Waals surface area contributed by atoms with Gasteiger partial charge in [0.2, 0.25) is 0 Å². The summed E-state index contributed by atoms with van der Waals surface area (Å²) < 4.78 is 0. The molecular formula is C10H19NO. The van der Waals surface area contributed by atoms with E-state index < -0.39 is 0 Å². The smallest absolute Gasteiger partial charge is 0.152 e. The van der Waals surface area contributed by atoms with Crippen LogP contribution in [0.5, 0.6) is 0 Å². The summed E-state index contributed by atoms with van der Waals surface area (Å²) in [6.07, 6.45) is 3.60. The molecule has 0 heterocycles. The van der Waals surface area contributed by atoms with Gasteiger partial charge < -0.3 is 0 Å². The molecule has 0 aromatic carbocycles. The Morgan fingerprint density at radius 3 is 2.25 bits per heavy atom. The van der Waals surface area contributed by atoms with Crippen molar-refractivity contribution in [1.82, 2.24) is 4.90 Å². The minimum absolute atomic E-state index is 0.119. The largest absolute Gasteiger partial charge is 0.298 e. The molecule has 0 saturated carbocycles. The zero-order valence-corrected chi connectivity index (χ0v) is 8.50. The molecule has 2 nitrogen and oxygen atoms in total. The van der Waals surface area contributed by atoms with Crippen molar-refractivity contribution in [3.63, 3.8) is 0 Å². The quantitative estimate of drug-likeness (QED) is 0.585. The van der Waals surface area contributed by atoms with E-state index in [1.165, 1.54) is 0 Å². The van der Waals surface area contributed by atoms with Gasteiger partial charge in [0.05, 0.1) is 0 Å². The summed E-state index contributed by atoms with van der Waals surface area (Å²) in [6, 6.07) is 0.365. The summed E-state index contributed by atoms with van der Waals surface area (Å²) >= 11 is 0. The normalized spacial score (nSPS) is 14.1. The maximum Gasteiger partial charge on any atom is 0.152 e. The van der Waals surface area contributed by atoms with Crippen LogP contribution in [0, 0.1) is 0 Å². The van der Waals surface area contributed by atoms with Crippen LogP contribution in [0.3, 0.4) is 0 Å². The fraction of sp³-hybridized carbons (Fsp3) is 0.700. The van der Waals surface area contributed by atoms with Gasteiger partial charge in [-0.1, -0.05) is 19.9 Å². The van der Waals surface area contributed by atoms with Crippen LogP contribution in [0.15, 0.2) is 12.2 Å². The minimum atomic E-state index is 0.119. The van der Waals surface area contributed by atoms with Crippen LogP contribution < -0.4 is 0 Å². The first-order valence-corrected chi connectivity index (χ1v) is 4.54. The molecule has 2 heteroatoms. The first-order chi connectivity index (χ1) is 5.61. The molecule has 0 rings (SSSR count). The molecule has 0 amide bonds. The van der Waals surface area contributed by atoms with E-state index >= 15 is 0 Å². The number of nitrogens with zero attached hydrogens (tertiary/aromatic N) is 1.